The van der Waals surface area contributed by atoms with Crippen LogP contribution >= 0.6 is 11.3 Å². The Morgan fingerprint density at radius 3 is 2.24 bits per heavy atom. The summed E-state index contributed by atoms with van der Waals surface area (Å²) in [6, 6.07) is 0. The van der Waals surface area contributed by atoms with E-state index in [0.29, 0.717) is 0 Å². The molecule has 138 valence electrons. The zero-order valence-electron chi connectivity index (χ0n) is 14.0. The Hall–Kier alpha value is -2.39. The van der Waals surface area contributed by atoms with Crippen molar-refractivity contribution in [2.45, 2.75) is 6.54 Å². The van der Waals surface area contributed by atoms with Crippen LogP contribution in [0.1, 0.15) is 5.01 Å². The van der Waals surface area contributed by atoms with E-state index in [1.54, 1.807) is 6.20 Å². The minimum absolute atomic E-state index is 0.0744. The molecule has 1 aromatic heterocycles. The lowest BCUT2D eigenvalue weighted by molar-refractivity contribution is 0.0857. The van der Waals surface area contributed by atoms with Crippen molar-refractivity contribution in [3.05, 3.63) is 41.9 Å². The lowest BCUT2D eigenvalue weighted by atomic mass is 10.4. The summed E-state index contributed by atoms with van der Waals surface area (Å²) < 4.78 is 10.0. The number of carbonyl (C=O) groups excluding carboxylic acids is 2. The van der Waals surface area contributed by atoms with E-state index in [9.17, 15) is 9.59 Å². The van der Waals surface area contributed by atoms with E-state index in [1.807, 2.05) is 5.38 Å². The maximum Gasteiger partial charge on any atom is 0.410 e. The standard InChI is InChI=1S/C16H23N3O5S/c1-3-10-23-15(21)18(8-9-20)6-7-19(16(22)24-11-4-2)13-14-17-5-12-25-14/h3-5,12,20H,1-2,6-11,13H2. The number of hydrogen-bond acceptors (Lipinski definition) is 7. The lowest BCUT2D eigenvalue weighted by Crippen LogP contribution is -2.42. The molecular weight excluding hydrogens is 346 g/mol. The van der Waals surface area contributed by atoms with Gasteiger partial charge in [-0.3, -0.25) is 4.90 Å². The Balaban J connectivity index is 2.69. The SMILES string of the molecule is C=CCOC(=O)N(CCO)CCN(Cc1nccs1)C(=O)OCC=C. The van der Waals surface area contributed by atoms with Gasteiger partial charge in [-0.15, -0.1) is 11.3 Å². The summed E-state index contributed by atoms with van der Waals surface area (Å²) in [5.41, 5.74) is 0. The van der Waals surface area contributed by atoms with E-state index in [4.69, 9.17) is 14.6 Å². The highest BCUT2D eigenvalue weighted by molar-refractivity contribution is 7.09. The van der Waals surface area contributed by atoms with E-state index in [-0.39, 0.29) is 46.0 Å². The average Bonchev–Trinajstić information content (AvgIpc) is 3.12. The summed E-state index contributed by atoms with van der Waals surface area (Å²) >= 11 is 1.42. The summed E-state index contributed by atoms with van der Waals surface area (Å²) in [7, 11) is 0. The first-order valence-electron chi connectivity index (χ1n) is 7.66. The number of carbonyl (C=O) groups is 2. The van der Waals surface area contributed by atoms with Crippen molar-refractivity contribution in [2.24, 2.45) is 0 Å². The maximum atomic E-state index is 12.2. The molecule has 0 aromatic carbocycles. The number of hydrogen-bond donors (Lipinski definition) is 1. The topological polar surface area (TPSA) is 92.2 Å². The van der Waals surface area contributed by atoms with Gasteiger partial charge in [0.05, 0.1) is 13.2 Å². The first-order valence-corrected chi connectivity index (χ1v) is 8.54. The number of nitrogens with zero attached hydrogens (tertiary/aromatic N) is 3. The number of rotatable bonds is 11. The van der Waals surface area contributed by atoms with Crippen LogP contribution in [0.4, 0.5) is 9.59 Å². The molecule has 25 heavy (non-hydrogen) atoms. The number of ether oxygens (including phenoxy) is 2. The van der Waals surface area contributed by atoms with Crippen molar-refractivity contribution in [1.82, 2.24) is 14.8 Å². The normalized spacial score (nSPS) is 9.96. The van der Waals surface area contributed by atoms with Crippen LogP contribution in [0.15, 0.2) is 36.9 Å². The Morgan fingerprint density at radius 1 is 1.12 bits per heavy atom. The first kappa shape index (κ1) is 20.7. The highest BCUT2D eigenvalue weighted by Gasteiger charge is 2.20. The summed E-state index contributed by atoms with van der Waals surface area (Å²) in [6.45, 7) is 7.70. The highest BCUT2D eigenvalue weighted by Crippen LogP contribution is 2.10. The fraction of sp³-hybridized carbons (Fsp3) is 0.438. The minimum atomic E-state index is -0.581. The van der Waals surface area contributed by atoms with Crippen molar-refractivity contribution >= 4 is 23.5 Å². The average molecular weight is 369 g/mol. The van der Waals surface area contributed by atoms with E-state index in [2.05, 4.69) is 18.1 Å². The molecule has 0 fully saturated rings. The van der Waals surface area contributed by atoms with Gasteiger partial charge in [0, 0.05) is 31.2 Å². The molecule has 0 saturated carbocycles. The van der Waals surface area contributed by atoms with Crippen molar-refractivity contribution in [1.29, 1.82) is 0 Å². The molecule has 0 radical (unpaired) electrons. The van der Waals surface area contributed by atoms with Gasteiger partial charge in [-0.1, -0.05) is 25.3 Å². The van der Waals surface area contributed by atoms with Gasteiger partial charge >= 0.3 is 12.2 Å². The highest BCUT2D eigenvalue weighted by atomic mass is 32.1. The molecule has 0 saturated heterocycles. The van der Waals surface area contributed by atoms with Gasteiger partial charge in [0.1, 0.15) is 18.2 Å². The molecule has 1 aromatic rings. The van der Waals surface area contributed by atoms with E-state index in [1.165, 1.54) is 33.3 Å². The van der Waals surface area contributed by atoms with E-state index >= 15 is 0 Å². The lowest BCUT2D eigenvalue weighted by Gasteiger charge is -2.26. The first-order chi connectivity index (χ1) is 12.1. The van der Waals surface area contributed by atoms with Gasteiger partial charge in [-0.2, -0.15) is 0 Å². The van der Waals surface area contributed by atoms with Crippen LogP contribution in [-0.4, -0.2) is 71.5 Å². The molecule has 0 aliphatic rings. The van der Waals surface area contributed by atoms with Crippen LogP contribution in [0.3, 0.4) is 0 Å². The summed E-state index contributed by atoms with van der Waals surface area (Å²) in [5.74, 6) is 0. The fourth-order valence-corrected chi connectivity index (χ4v) is 2.46. The molecule has 0 aliphatic carbocycles. The number of aliphatic hydroxyl groups is 1. The van der Waals surface area contributed by atoms with Crippen LogP contribution in [0.25, 0.3) is 0 Å². The van der Waals surface area contributed by atoms with Gasteiger partial charge in [0.25, 0.3) is 0 Å². The quantitative estimate of drug-likeness (QED) is 0.599. The van der Waals surface area contributed by atoms with Gasteiger partial charge in [-0.25, -0.2) is 14.6 Å². The molecular formula is C16H23N3O5S. The predicted molar refractivity (Wildman–Crippen MR) is 94.3 cm³/mol. The second-order valence-electron chi connectivity index (χ2n) is 4.79. The number of aliphatic hydroxyl groups excluding tert-OH is 1. The second-order valence-corrected chi connectivity index (χ2v) is 5.77. The largest absolute Gasteiger partial charge is 0.445 e. The van der Waals surface area contributed by atoms with Gasteiger partial charge in [-0.05, 0) is 0 Å². The minimum Gasteiger partial charge on any atom is -0.445 e. The number of amides is 2. The zero-order chi connectivity index (χ0) is 18.5. The Morgan fingerprint density at radius 2 is 1.72 bits per heavy atom. The predicted octanol–water partition coefficient (Wildman–Crippen LogP) is 1.88. The summed E-state index contributed by atoms with van der Waals surface area (Å²) in [4.78, 5) is 31.0. The summed E-state index contributed by atoms with van der Waals surface area (Å²) in [5, 5.41) is 11.7. The molecule has 1 N–H and O–H groups in total. The van der Waals surface area contributed by atoms with Gasteiger partial charge < -0.3 is 19.5 Å². The number of thiazole rings is 1. The molecule has 0 spiro atoms. The smallest absolute Gasteiger partial charge is 0.410 e. The van der Waals surface area contributed by atoms with Crippen molar-refractivity contribution in [3.63, 3.8) is 0 Å². The maximum absolute atomic E-state index is 12.2. The molecule has 0 unspecified atom stereocenters. The molecule has 8 nitrogen and oxygen atoms in total. The third-order valence-electron chi connectivity index (χ3n) is 2.99. The number of aromatic nitrogens is 1. The van der Waals surface area contributed by atoms with Gasteiger partial charge in [0.15, 0.2) is 0 Å². The van der Waals surface area contributed by atoms with Crippen molar-refractivity contribution < 1.29 is 24.2 Å². The second kappa shape index (κ2) is 12.0. The molecule has 2 amide bonds. The third-order valence-corrected chi connectivity index (χ3v) is 3.75. The fourth-order valence-electron chi connectivity index (χ4n) is 1.83. The van der Waals surface area contributed by atoms with E-state index in [0.717, 1.165) is 5.01 Å². The van der Waals surface area contributed by atoms with Gasteiger partial charge in [0.2, 0.25) is 0 Å². The van der Waals surface area contributed by atoms with E-state index < -0.39 is 12.2 Å². The molecule has 9 heteroatoms. The third kappa shape index (κ3) is 7.81. The molecule has 0 bridgehead atoms. The molecule has 0 atom stereocenters. The van der Waals surface area contributed by atoms with Crippen LogP contribution in [0.2, 0.25) is 0 Å². The Kier molecular flexibility index (Phi) is 9.95. The summed E-state index contributed by atoms with van der Waals surface area (Å²) in [6.07, 6.45) is 3.47. The van der Waals surface area contributed by atoms with Crippen molar-refractivity contribution in [3.8, 4) is 0 Å². The monoisotopic (exact) mass is 369 g/mol. The molecule has 1 heterocycles. The van der Waals surface area contributed by atoms with Crippen molar-refractivity contribution in [2.75, 3.05) is 39.5 Å². The van der Waals surface area contributed by atoms with Crippen LogP contribution in [0, 0.1) is 0 Å². The zero-order valence-corrected chi connectivity index (χ0v) is 14.8. The molecule has 0 aliphatic heterocycles. The molecule has 1 rings (SSSR count). The Bertz CT molecular complexity index is 550. The van der Waals surface area contributed by atoms with Crippen LogP contribution < -0.4 is 0 Å². The van der Waals surface area contributed by atoms with Crippen LogP contribution in [-0.2, 0) is 16.0 Å². The van der Waals surface area contributed by atoms with Crippen LogP contribution in [0.5, 0.6) is 0 Å². The Labute approximate surface area is 151 Å².